The summed E-state index contributed by atoms with van der Waals surface area (Å²) in [6.07, 6.45) is 5.86. The highest BCUT2D eigenvalue weighted by Crippen LogP contribution is 2.60. The number of carbonyl (C=O) groups is 2. The van der Waals surface area contributed by atoms with Gasteiger partial charge < -0.3 is 14.2 Å². The molecule has 8 atom stereocenters. The molecule has 0 N–H and O–H groups in total. The van der Waals surface area contributed by atoms with E-state index >= 15 is 0 Å². The topological polar surface area (TPSA) is 80.3 Å². The van der Waals surface area contributed by atoms with E-state index in [-0.39, 0.29) is 23.8 Å². The summed E-state index contributed by atoms with van der Waals surface area (Å²) in [5, 5.41) is 0. The van der Waals surface area contributed by atoms with Crippen molar-refractivity contribution in [3.63, 3.8) is 0 Å². The summed E-state index contributed by atoms with van der Waals surface area (Å²) in [7, 11) is 0. The quantitative estimate of drug-likeness (QED) is 0.549. The second kappa shape index (κ2) is 5.53. The number of rotatable bonds is 2. The Bertz CT molecular complexity index is 675. The van der Waals surface area contributed by atoms with Crippen LogP contribution >= 0.6 is 0 Å². The van der Waals surface area contributed by atoms with Gasteiger partial charge in [0.2, 0.25) is 12.1 Å². The number of hydrogen-bond acceptors (Lipinski definition) is 7. The van der Waals surface area contributed by atoms with Gasteiger partial charge in [0, 0.05) is 30.8 Å². The van der Waals surface area contributed by atoms with E-state index in [2.05, 4.69) is 6.92 Å². The first-order chi connectivity index (χ1) is 12.4. The maximum atomic E-state index is 12.8. The predicted octanol–water partition coefficient (Wildman–Crippen LogP) is 2.25. The van der Waals surface area contributed by atoms with Crippen LogP contribution in [0.1, 0.15) is 46.0 Å². The smallest absolute Gasteiger partial charge is 0.331 e. The molecule has 4 saturated heterocycles. The fraction of sp³-hybridized carbons (Fsp3) is 0.789. The lowest BCUT2D eigenvalue weighted by molar-refractivity contribution is -0.559. The van der Waals surface area contributed by atoms with E-state index in [9.17, 15) is 9.59 Å². The van der Waals surface area contributed by atoms with Crippen LogP contribution in [0.2, 0.25) is 0 Å². The normalized spacial score (nSPS) is 52.2. The second-order valence-corrected chi connectivity index (χ2v) is 8.52. The molecule has 0 aromatic carbocycles. The number of cyclic esters (lactones) is 1. The molecule has 5 heterocycles. The van der Waals surface area contributed by atoms with E-state index in [0.29, 0.717) is 18.8 Å². The predicted molar refractivity (Wildman–Crippen MR) is 86.0 cm³/mol. The van der Waals surface area contributed by atoms with Crippen molar-refractivity contribution >= 4 is 11.9 Å². The molecular weight excluding hydrogens is 340 g/mol. The zero-order valence-electron chi connectivity index (χ0n) is 15.0. The highest BCUT2D eigenvalue weighted by Gasteiger charge is 2.70. The lowest BCUT2D eigenvalue weighted by Gasteiger charge is -2.58. The Morgan fingerprint density at radius 2 is 1.96 bits per heavy atom. The van der Waals surface area contributed by atoms with Crippen molar-refractivity contribution in [3.8, 4) is 0 Å². The van der Waals surface area contributed by atoms with Crippen LogP contribution < -0.4 is 0 Å². The maximum absolute atomic E-state index is 12.8. The van der Waals surface area contributed by atoms with Crippen LogP contribution in [0.3, 0.4) is 0 Å². The summed E-state index contributed by atoms with van der Waals surface area (Å²) in [5.74, 6) is -1.39. The van der Waals surface area contributed by atoms with Crippen molar-refractivity contribution in [2.75, 3.05) is 0 Å². The minimum absolute atomic E-state index is 0.0784. The molecule has 0 aromatic rings. The van der Waals surface area contributed by atoms with Gasteiger partial charge in [0.25, 0.3) is 0 Å². The van der Waals surface area contributed by atoms with Crippen molar-refractivity contribution in [2.45, 2.75) is 69.7 Å². The van der Waals surface area contributed by atoms with Crippen LogP contribution in [0.25, 0.3) is 0 Å². The largest absolute Gasteiger partial charge is 0.455 e. The number of fused-ring (bicyclic) bond motifs is 2. The molecule has 5 aliphatic heterocycles. The number of carbonyl (C=O) groups excluding carboxylic acids is 2. The van der Waals surface area contributed by atoms with Crippen LogP contribution in [0.5, 0.6) is 0 Å². The van der Waals surface area contributed by atoms with E-state index in [4.69, 9.17) is 24.0 Å². The Hall–Kier alpha value is -1.44. The van der Waals surface area contributed by atoms with Crippen molar-refractivity contribution in [1.82, 2.24) is 0 Å². The van der Waals surface area contributed by atoms with Gasteiger partial charge in [-0.2, -0.15) is 0 Å². The van der Waals surface area contributed by atoms with Gasteiger partial charge in [0.15, 0.2) is 5.60 Å². The van der Waals surface area contributed by atoms with E-state index in [1.807, 2.05) is 6.92 Å². The third kappa shape index (κ3) is 2.23. The van der Waals surface area contributed by atoms with Crippen LogP contribution in [-0.4, -0.2) is 35.7 Å². The van der Waals surface area contributed by atoms with Crippen molar-refractivity contribution in [3.05, 3.63) is 12.2 Å². The number of hydrogen-bond donors (Lipinski definition) is 0. The van der Waals surface area contributed by atoms with Gasteiger partial charge in [-0.15, -0.1) is 0 Å². The summed E-state index contributed by atoms with van der Waals surface area (Å²) in [6.45, 7) is 4.06. The average molecular weight is 364 g/mol. The molecule has 1 aliphatic carbocycles. The molecule has 6 rings (SSSR count). The second-order valence-electron chi connectivity index (χ2n) is 8.52. The van der Waals surface area contributed by atoms with Gasteiger partial charge in [-0.05, 0) is 38.2 Å². The van der Waals surface area contributed by atoms with Gasteiger partial charge in [-0.1, -0.05) is 6.92 Å². The summed E-state index contributed by atoms with van der Waals surface area (Å²) < 4.78 is 17.1. The molecule has 0 radical (unpaired) electrons. The third-order valence-corrected chi connectivity index (χ3v) is 6.99. The Morgan fingerprint density at radius 3 is 2.73 bits per heavy atom. The van der Waals surface area contributed by atoms with Crippen LogP contribution in [0.4, 0.5) is 0 Å². The van der Waals surface area contributed by atoms with Crippen LogP contribution in [0.15, 0.2) is 12.2 Å². The molecule has 7 nitrogen and oxygen atoms in total. The molecule has 1 spiro atoms. The summed E-state index contributed by atoms with van der Waals surface area (Å²) in [5.41, 5.74) is -0.779. The minimum Gasteiger partial charge on any atom is -0.455 e. The Morgan fingerprint density at radius 1 is 1.12 bits per heavy atom. The van der Waals surface area contributed by atoms with Gasteiger partial charge >= 0.3 is 11.9 Å². The first-order valence-corrected chi connectivity index (χ1v) is 9.55. The van der Waals surface area contributed by atoms with Gasteiger partial charge in [0.05, 0.1) is 5.92 Å². The molecule has 7 heteroatoms. The average Bonchev–Trinajstić information content (AvgIpc) is 2.87. The van der Waals surface area contributed by atoms with Crippen LogP contribution in [-0.2, 0) is 33.6 Å². The first kappa shape index (κ1) is 16.7. The molecule has 0 aromatic heterocycles. The summed E-state index contributed by atoms with van der Waals surface area (Å²) in [4.78, 5) is 36.0. The number of esters is 2. The van der Waals surface area contributed by atoms with Crippen molar-refractivity contribution in [2.24, 2.45) is 23.7 Å². The molecule has 5 fully saturated rings. The molecular formula is C19H24O7. The molecule has 142 valence electrons. The Balaban J connectivity index is 1.51. The third-order valence-electron chi connectivity index (χ3n) is 6.99. The summed E-state index contributed by atoms with van der Waals surface area (Å²) >= 11 is 0. The SMILES string of the molecule is C[C@@H]1CC[C@H]2[C@H](CC3C=CC(=O)O3)C(=O)O[C@@H]3O[C@]4(C)CC[C@@H]1[C@]32OO4. The highest BCUT2D eigenvalue weighted by atomic mass is 17.3. The fourth-order valence-corrected chi connectivity index (χ4v) is 5.67. The zero-order valence-corrected chi connectivity index (χ0v) is 15.0. The lowest BCUT2D eigenvalue weighted by atomic mass is 9.57. The summed E-state index contributed by atoms with van der Waals surface area (Å²) in [6, 6.07) is 0. The van der Waals surface area contributed by atoms with E-state index in [1.54, 1.807) is 6.08 Å². The first-order valence-electron chi connectivity index (χ1n) is 9.55. The molecule has 1 unspecified atom stereocenters. The van der Waals surface area contributed by atoms with E-state index in [0.717, 1.165) is 19.3 Å². The van der Waals surface area contributed by atoms with Crippen molar-refractivity contribution < 1.29 is 33.6 Å². The molecule has 2 bridgehead atoms. The van der Waals surface area contributed by atoms with Gasteiger partial charge in [-0.3, -0.25) is 4.79 Å². The monoisotopic (exact) mass is 364 g/mol. The van der Waals surface area contributed by atoms with Gasteiger partial charge in [-0.25, -0.2) is 14.6 Å². The van der Waals surface area contributed by atoms with Crippen LogP contribution in [0, 0.1) is 23.7 Å². The molecule has 0 amide bonds. The van der Waals surface area contributed by atoms with E-state index < -0.39 is 29.7 Å². The zero-order chi connectivity index (χ0) is 18.1. The van der Waals surface area contributed by atoms with Gasteiger partial charge in [0.1, 0.15) is 6.10 Å². The molecule has 6 aliphatic rings. The number of ether oxygens (including phenoxy) is 3. The van der Waals surface area contributed by atoms with Crippen molar-refractivity contribution in [1.29, 1.82) is 0 Å². The Kier molecular flexibility index (Phi) is 3.56. The Labute approximate surface area is 151 Å². The minimum atomic E-state index is -0.881. The van der Waals surface area contributed by atoms with E-state index in [1.165, 1.54) is 6.08 Å². The fourth-order valence-electron chi connectivity index (χ4n) is 5.67. The molecule has 1 saturated carbocycles. The lowest BCUT2D eigenvalue weighted by Crippen LogP contribution is -2.70. The highest BCUT2D eigenvalue weighted by molar-refractivity contribution is 5.84. The standard InChI is InChI=1S/C19H24O7/c1-10-3-5-14-12(9-11-4-6-15(20)22-11)16(21)23-17-19(14)13(10)7-8-18(2,24-17)25-26-19/h4,6,10-14,17H,3,5,7-9H2,1-2H3/t10-,11?,12+,13+,14+,17-,18+,19-/m1/s1. The molecule has 26 heavy (non-hydrogen) atoms. The maximum Gasteiger partial charge on any atom is 0.331 e.